The molecule has 3 aromatic rings. The average Bonchev–Trinajstić information content (AvgIpc) is 3.04. The summed E-state index contributed by atoms with van der Waals surface area (Å²) in [4.78, 5) is 0. The molecule has 0 saturated heterocycles. The second-order valence-corrected chi connectivity index (χ2v) is 5.78. The highest BCUT2D eigenvalue weighted by Crippen LogP contribution is 2.23. The first-order chi connectivity index (χ1) is 9.22. The summed E-state index contributed by atoms with van der Waals surface area (Å²) in [5, 5.41) is 15.1. The van der Waals surface area contributed by atoms with E-state index in [0.717, 1.165) is 17.9 Å². The van der Waals surface area contributed by atoms with E-state index in [-0.39, 0.29) is 0 Å². The zero-order valence-corrected chi connectivity index (χ0v) is 11.8. The van der Waals surface area contributed by atoms with Crippen molar-refractivity contribution >= 4 is 21.4 Å². The first-order valence-corrected chi connectivity index (χ1v) is 7.22. The monoisotopic (exact) mass is 272 g/mol. The fourth-order valence-electron chi connectivity index (χ4n) is 1.91. The average molecular weight is 272 g/mol. The molecular weight excluding hydrogens is 256 g/mol. The highest BCUT2D eigenvalue weighted by molar-refractivity contribution is 7.17. The number of hydrogen-bond donors (Lipinski definition) is 1. The molecule has 0 spiro atoms. The van der Waals surface area contributed by atoms with Crippen molar-refractivity contribution in [2.24, 2.45) is 0 Å². The highest BCUT2D eigenvalue weighted by atomic mass is 32.1. The van der Waals surface area contributed by atoms with Crippen molar-refractivity contribution in [3.05, 3.63) is 41.5 Å². The molecule has 0 atom stereocenters. The van der Waals surface area contributed by atoms with Crippen LogP contribution in [0.2, 0.25) is 0 Å². The van der Waals surface area contributed by atoms with Gasteiger partial charge < -0.3 is 5.32 Å². The Morgan fingerprint density at radius 1 is 1.32 bits per heavy atom. The minimum Gasteiger partial charge on any atom is -0.309 e. The number of hydrogen-bond acceptors (Lipinski definition) is 4. The fourth-order valence-corrected chi connectivity index (χ4v) is 2.68. The van der Waals surface area contributed by atoms with Gasteiger partial charge >= 0.3 is 0 Å². The van der Waals surface area contributed by atoms with Gasteiger partial charge in [0.15, 0.2) is 0 Å². The predicted molar refractivity (Wildman–Crippen MR) is 78.7 cm³/mol. The molecular formula is C14H16N4S. The number of nitrogens with zero attached hydrogens (tertiary/aromatic N) is 3. The molecule has 0 aliphatic carbocycles. The van der Waals surface area contributed by atoms with Gasteiger partial charge in [-0.2, -0.15) is 0 Å². The molecule has 3 rings (SSSR count). The van der Waals surface area contributed by atoms with Crippen molar-refractivity contribution in [2.75, 3.05) is 0 Å². The van der Waals surface area contributed by atoms with Crippen molar-refractivity contribution in [1.82, 2.24) is 20.3 Å². The summed E-state index contributed by atoms with van der Waals surface area (Å²) >= 11 is 1.75. The van der Waals surface area contributed by atoms with Gasteiger partial charge in [-0.1, -0.05) is 19.1 Å². The lowest BCUT2D eigenvalue weighted by Crippen LogP contribution is -2.21. The first-order valence-electron chi connectivity index (χ1n) is 6.34. The maximum Gasteiger partial charge on any atom is 0.0969 e. The van der Waals surface area contributed by atoms with Gasteiger partial charge in [-0.25, -0.2) is 4.68 Å². The third-order valence-electron chi connectivity index (χ3n) is 2.93. The Balaban J connectivity index is 1.85. The zero-order valence-electron chi connectivity index (χ0n) is 11.0. The number of fused-ring (bicyclic) bond motifs is 1. The molecule has 1 aromatic carbocycles. The molecule has 4 nitrogen and oxygen atoms in total. The quantitative estimate of drug-likeness (QED) is 0.794. The molecule has 1 N–H and O–H groups in total. The van der Waals surface area contributed by atoms with E-state index in [4.69, 9.17) is 0 Å². The van der Waals surface area contributed by atoms with E-state index in [0.29, 0.717) is 6.04 Å². The summed E-state index contributed by atoms with van der Waals surface area (Å²) in [5.41, 5.74) is 2.01. The molecule has 2 aromatic heterocycles. The van der Waals surface area contributed by atoms with E-state index in [2.05, 4.69) is 59.1 Å². The Kier molecular flexibility index (Phi) is 3.31. The number of aromatic nitrogens is 3. The Bertz CT molecular complexity index is 683. The van der Waals surface area contributed by atoms with Crippen LogP contribution in [0.15, 0.2) is 35.8 Å². The second-order valence-electron chi connectivity index (χ2n) is 4.83. The third-order valence-corrected chi connectivity index (χ3v) is 3.83. The summed E-state index contributed by atoms with van der Waals surface area (Å²) in [6, 6.07) is 8.92. The van der Waals surface area contributed by atoms with Gasteiger partial charge in [0.1, 0.15) is 0 Å². The Hall–Kier alpha value is -1.72. The summed E-state index contributed by atoms with van der Waals surface area (Å²) in [6.07, 6.45) is 1.98. The van der Waals surface area contributed by atoms with Crippen molar-refractivity contribution < 1.29 is 0 Å². The van der Waals surface area contributed by atoms with Crippen molar-refractivity contribution in [1.29, 1.82) is 0 Å². The Morgan fingerprint density at radius 3 is 3.05 bits per heavy atom. The molecule has 19 heavy (non-hydrogen) atoms. The minimum absolute atomic E-state index is 0.451. The second kappa shape index (κ2) is 5.11. The van der Waals surface area contributed by atoms with Gasteiger partial charge in [0.2, 0.25) is 0 Å². The molecule has 0 saturated carbocycles. The van der Waals surface area contributed by atoms with Crippen LogP contribution in [0.3, 0.4) is 0 Å². The predicted octanol–water partition coefficient (Wildman–Crippen LogP) is 2.98. The molecule has 0 fully saturated rings. The van der Waals surface area contributed by atoms with Gasteiger partial charge in [0.05, 0.1) is 17.6 Å². The lowest BCUT2D eigenvalue weighted by molar-refractivity contribution is 0.580. The van der Waals surface area contributed by atoms with Crippen LogP contribution in [-0.4, -0.2) is 21.0 Å². The number of thiophene rings is 1. The molecule has 0 unspecified atom stereocenters. The Morgan fingerprint density at radius 2 is 2.21 bits per heavy atom. The van der Waals surface area contributed by atoms with E-state index in [9.17, 15) is 0 Å². The number of rotatable bonds is 4. The maximum atomic E-state index is 4.19. The molecule has 98 valence electrons. The molecule has 0 aliphatic heterocycles. The number of benzene rings is 1. The summed E-state index contributed by atoms with van der Waals surface area (Å²) in [7, 11) is 0. The van der Waals surface area contributed by atoms with Crippen molar-refractivity contribution in [3.8, 4) is 5.69 Å². The standard InChI is InChI=1S/C14H16N4S/c1-10(2)15-8-12-9-18(17-16-12)13-3-4-14-11(7-13)5-6-19-14/h3-7,9-10,15H,8H2,1-2H3. The molecule has 0 radical (unpaired) electrons. The highest BCUT2D eigenvalue weighted by Gasteiger charge is 2.04. The van der Waals surface area contributed by atoms with Crippen LogP contribution >= 0.6 is 11.3 Å². The van der Waals surface area contributed by atoms with E-state index < -0.39 is 0 Å². The largest absolute Gasteiger partial charge is 0.309 e. The van der Waals surface area contributed by atoms with Crippen molar-refractivity contribution in [2.45, 2.75) is 26.4 Å². The maximum absolute atomic E-state index is 4.19. The van der Waals surface area contributed by atoms with E-state index in [1.807, 2.05) is 10.9 Å². The smallest absolute Gasteiger partial charge is 0.0969 e. The number of nitrogens with one attached hydrogen (secondary N) is 1. The lowest BCUT2D eigenvalue weighted by atomic mass is 10.2. The molecule has 2 heterocycles. The van der Waals surface area contributed by atoms with Gasteiger partial charge in [-0.05, 0) is 35.0 Å². The van der Waals surface area contributed by atoms with Crippen LogP contribution in [0.5, 0.6) is 0 Å². The molecule has 0 bridgehead atoms. The van der Waals surface area contributed by atoms with Crippen LogP contribution < -0.4 is 5.32 Å². The van der Waals surface area contributed by atoms with Gasteiger partial charge in [0, 0.05) is 17.3 Å². The SMILES string of the molecule is CC(C)NCc1cn(-c2ccc3sccc3c2)nn1. The molecule has 5 heteroatoms. The van der Waals surface area contributed by atoms with Gasteiger partial charge in [-0.3, -0.25) is 0 Å². The van der Waals surface area contributed by atoms with E-state index in [1.54, 1.807) is 11.3 Å². The Labute approximate surface area is 116 Å². The van der Waals surface area contributed by atoms with Crippen LogP contribution in [-0.2, 0) is 6.54 Å². The van der Waals surface area contributed by atoms with Crippen LogP contribution in [0.4, 0.5) is 0 Å². The molecule has 0 amide bonds. The summed E-state index contributed by atoms with van der Waals surface area (Å²) < 4.78 is 3.12. The minimum atomic E-state index is 0.451. The fraction of sp³-hybridized carbons (Fsp3) is 0.286. The third kappa shape index (κ3) is 2.67. The topological polar surface area (TPSA) is 42.7 Å². The van der Waals surface area contributed by atoms with Crippen molar-refractivity contribution in [3.63, 3.8) is 0 Å². The van der Waals surface area contributed by atoms with Crippen LogP contribution in [0.25, 0.3) is 15.8 Å². The molecule has 0 aliphatic rings. The van der Waals surface area contributed by atoms with Gasteiger partial charge in [-0.15, -0.1) is 16.4 Å². The van der Waals surface area contributed by atoms with Crippen LogP contribution in [0, 0.1) is 0 Å². The lowest BCUT2D eigenvalue weighted by Gasteiger charge is -2.04. The summed E-state index contributed by atoms with van der Waals surface area (Å²) in [5.74, 6) is 0. The normalized spacial score (nSPS) is 11.5. The van der Waals surface area contributed by atoms with E-state index >= 15 is 0 Å². The first kappa shape index (κ1) is 12.3. The zero-order chi connectivity index (χ0) is 13.2. The summed E-state index contributed by atoms with van der Waals surface area (Å²) in [6.45, 7) is 4.99. The van der Waals surface area contributed by atoms with Crippen LogP contribution in [0.1, 0.15) is 19.5 Å². The van der Waals surface area contributed by atoms with E-state index in [1.165, 1.54) is 10.1 Å². The van der Waals surface area contributed by atoms with Gasteiger partial charge in [0.25, 0.3) is 0 Å².